The van der Waals surface area contributed by atoms with E-state index in [9.17, 15) is 5.11 Å². The molecule has 1 N–H and O–H groups in total. The van der Waals surface area contributed by atoms with Gasteiger partial charge in [-0.05, 0) is 38.0 Å². The lowest BCUT2D eigenvalue weighted by molar-refractivity contribution is -0.0955. The summed E-state index contributed by atoms with van der Waals surface area (Å²) in [6.07, 6.45) is 5.23. The minimum atomic E-state index is -0.560. The normalized spacial score (nSPS) is 42.0. The Labute approximate surface area is 91.8 Å². The Kier molecular flexibility index (Phi) is 3.65. The van der Waals surface area contributed by atoms with E-state index in [1.807, 2.05) is 0 Å². The minimum absolute atomic E-state index is 0.216. The first-order chi connectivity index (χ1) is 7.18. The van der Waals surface area contributed by atoms with Crippen LogP contribution in [0.4, 0.5) is 0 Å². The Morgan fingerprint density at radius 3 is 2.67 bits per heavy atom. The van der Waals surface area contributed by atoms with Crippen molar-refractivity contribution in [2.75, 3.05) is 19.8 Å². The third-order valence-electron chi connectivity index (χ3n) is 3.68. The molecule has 2 rings (SSSR count). The smallest absolute Gasteiger partial charge is 0.0880 e. The number of ether oxygens (including phenoxy) is 2. The van der Waals surface area contributed by atoms with Crippen LogP contribution in [0.25, 0.3) is 0 Å². The van der Waals surface area contributed by atoms with Crippen molar-refractivity contribution in [1.29, 1.82) is 0 Å². The maximum atomic E-state index is 10.3. The van der Waals surface area contributed by atoms with Crippen LogP contribution < -0.4 is 0 Å². The average Bonchev–Trinajstić information content (AvgIpc) is 2.73. The molecule has 1 aliphatic carbocycles. The highest BCUT2D eigenvalue weighted by Gasteiger charge is 2.33. The molecule has 3 nitrogen and oxygen atoms in total. The van der Waals surface area contributed by atoms with Gasteiger partial charge in [-0.15, -0.1) is 0 Å². The van der Waals surface area contributed by atoms with E-state index in [-0.39, 0.29) is 6.10 Å². The topological polar surface area (TPSA) is 38.7 Å². The van der Waals surface area contributed by atoms with Gasteiger partial charge in [0, 0.05) is 6.61 Å². The summed E-state index contributed by atoms with van der Waals surface area (Å²) in [7, 11) is 0. The predicted molar refractivity (Wildman–Crippen MR) is 57.8 cm³/mol. The molecular formula is C12H22O3. The first-order valence-corrected chi connectivity index (χ1v) is 6.10. The van der Waals surface area contributed by atoms with Gasteiger partial charge in [0.15, 0.2) is 0 Å². The minimum Gasteiger partial charge on any atom is -0.387 e. The SMILES string of the molecule is CC1CCC(O)(CO[C@H]2CCOC2)CC1. The van der Waals surface area contributed by atoms with Crippen molar-refractivity contribution in [1.82, 2.24) is 0 Å². The molecule has 0 spiro atoms. The van der Waals surface area contributed by atoms with E-state index in [1.54, 1.807) is 0 Å². The second-order valence-electron chi connectivity index (χ2n) is 5.20. The second kappa shape index (κ2) is 4.81. The number of aliphatic hydroxyl groups is 1. The Morgan fingerprint density at radius 1 is 1.33 bits per heavy atom. The average molecular weight is 214 g/mol. The van der Waals surface area contributed by atoms with Crippen LogP contribution in [-0.2, 0) is 9.47 Å². The Bertz CT molecular complexity index is 191. The summed E-state index contributed by atoms with van der Waals surface area (Å²) in [6, 6.07) is 0. The summed E-state index contributed by atoms with van der Waals surface area (Å²) in [6.45, 7) is 4.26. The molecule has 1 atom stereocenters. The van der Waals surface area contributed by atoms with Crippen LogP contribution in [0.3, 0.4) is 0 Å². The van der Waals surface area contributed by atoms with Gasteiger partial charge in [0.05, 0.1) is 24.9 Å². The molecule has 0 aromatic heterocycles. The largest absolute Gasteiger partial charge is 0.387 e. The Hall–Kier alpha value is -0.120. The van der Waals surface area contributed by atoms with Crippen LogP contribution >= 0.6 is 0 Å². The first-order valence-electron chi connectivity index (χ1n) is 6.10. The van der Waals surface area contributed by atoms with Crippen LogP contribution in [0.1, 0.15) is 39.0 Å². The van der Waals surface area contributed by atoms with Crippen molar-refractivity contribution in [3.63, 3.8) is 0 Å². The molecule has 0 aromatic carbocycles. The highest BCUT2D eigenvalue weighted by molar-refractivity contribution is 4.84. The van der Waals surface area contributed by atoms with Gasteiger partial charge in [0.25, 0.3) is 0 Å². The first kappa shape index (κ1) is 11.4. The van der Waals surface area contributed by atoms with Crippen molar-refractivity contribution >= 4 is 0 Å². The molecule has 88 valence electrons. The Morgan fingerprint density at radius 2 is 2.07 bits per heavy atom. The maximum absolute atomic E-state index is 10.3. The van der Waals surface area contributed by atoms with Gasteiger partial charge in [-0.3, -0.25) is 0 Å². The van der Waals surface area contributed by atoms with E-state index < -0.39 is 5.60 Å². The fraction of sp³-hybridized carbons (Fsp3) is 1.00. The van der Waals surface area contributed by atoms with Crippen molar-refractivity contribution in [2.24, 2.45) is 5.92 Å². The molecule has 15 heavy (non-hydrogen) atoms. The van der Waals surface area contributed by atoms with Crippen LogP contribution in [0.15, 0.2) is 0 Å². The van der Waals surface area contributed by atoms with Gasteiger partial charge in [0.1, 0.15) is 0 Å². The molecule has 1 saturated carbocycles. The van der Waals surface area contributed by atoms with E-state index in [4.69, 9.17) is 9.47 Å². The fourth-order valence-electron chi connectivity index (χ4n) is 2.36. The quantitative estimate of drug-likeness (QED) is 0.777. The van der Waals surface area contributed by atoms with Gasteiger partial charge >= 0.3 is 0 Å². The van der Waals surface area contributed by atoms with Crippen LogP contribution in [0.5, 0.6) is 0 Å². The lowest BCUT2D eigenvalue weighted by Crippen LogP contribution is -2.39. The van der Waals surface area contributed by atoms with Crippen molar-refractivity contribution in [3.8, 4) is 0 Å². The van der Waals surface area contributed by atoms with Crippen LogP contribution in [0, 0.1) is 5.92 Å². The van der Waals surface area contributed by atoms with Crippen molar-refractivity contribution < 1.29 is 14.6 Å². The summed E-state index contributed by atoms with van der Waals surface area (Å²) >= 11 is 0. The van der Waals surface area contributed by atoms with E-state index >= 15 is 0 Å². The van der Waals surface area contributed by atoms with Crippen LogP contribution in [-0.4, -0.2) is 36.6 Å². The zero-order chi connectivity index (χ0) is 10.7. The third-order valence-corrected chi connectivity index (χ3v) is 3.68. The van der Waals surface area contributed by atoms with E-state index in [0.29, 0.717) is 13.2 Å². The molecule has 0 bridgehead atoms. The zero-order valence-corrected chi connectivity index (χ0v) is 9.58. The standard InChI is InChI=1S/C12H22O3/c1-10-2-5-12(13,6-3-10)9-15-11-4-7-14-8-11/h10-11,13H,2-9H2,1H3/t10?,11-,12?/m0/s1. The molecule has 3 heteroatoms. The van der Waals surface area contributed by atoms with Crippen molar-refractivity contribution in [2.45, 2.75) is 50.7 Å². The fourth-order valence-corrected chi connectivity index (χ4v) is 2.36. The van der Waals surface area contributed by atoms with Gasteiger partial charge < -0.3 is 14.6 Å². The maximum Gasteiger partial charge on any atom is 0.0880 e. The molecule has 0 aromatic rings. The molecule has 0 radical (unpaired) electrons. The second-order valence-corrected chi connectivity index (χ2v) is 5.20. The highest BCUT2D eigenvalue weighted by atomic mass is 16.5. The monoisotopic (exact) mass is 214 g/mol. The molecule has 1 aliphatic heterocycles. The van der Waals surface area contributed by atoms with Crippen LogP contribution in [0.2, 0.25) is 0 Å². The van der Waals surface area contributed by atoms with E-state index in [0.717, 1.165) is 44.6 Å². The summed E-state index contributed by atoms with van der Waals surface area (Å²) < 4.78 is 10.9. The van der Waals surface area contributed by atoms with Gasteiger partial charge in [-0.2, -0.15) is 0 Å². The number of rotatable bonds is 3. The number of hydrogen-bond donors (Lipinski definition) is 1. The molecule has 0 unspecified atom stereocenters. The summed E-state index contributed by atoms with van der Waals surface area (Å²) in [5.41, 5.74) is -0.560. The molecule has 1 heterocycles. The van der Waals surface area contributed by atoms with Gasteiger partial charge in [-0.1, -0.05) is 6.92 Å². The predicted octanol–water partition coefficient (Wildman–Crippen LogP) is 1.73. The summed E-state index contributed by atoms with van der Waals surface area (Å²) in [4.78, 5) is 0. The van der Waals surface area contributed by atoms with E-state index in [1.165, 1.54) is 0 Å². The lowest BCUT2D eigenvalue weighted by atomic mass is 9.80. The highest BCUT2D eigenvalue weighted by Crippen LogP contribution is 2.32. The molecular weight excluding hydrogens is 192 g/mol. The van der Waals surface area contributed by atoms with E-state index in [2.05, 4.69) is 6.92 Å². The van der Waals surface area contributed by atoms with Crippen molar-refractivity contribution in [3.05, 3.63) is 0 Å². The van der Waals surface area contributed by atoms with Gasteiger partial charge in [0.2, 0.25) is 0 Å². The van der Waals surface area contributed by atoms with Gasteiger partial charge in [-0.25, -0.2) is 0 Å². The summed E-state index contributed by atoms with van der Waals surface area (Å²) in [5, 5.41) is 10.3. The molecule has 0 amide bonds. The molecule has 1 saturated heterocycles. The lowest BCUT2D eigenvalue weighted by Gasteiger charge is -2.35. The third kappa shape index (κ3) is 3.16. The summed E-state index contributed by atoms with van der Waals surface area (Å²) in [5.74, 6) is 0.764. The zero-order valence-electron chi connectivity index (χ0n) is 9.58. The molecule has 2 aliphatic rings. The molecule has 2 fully saturated rings. The number of hydrogen-bond acceptors (Lipinski definition) is 3. The Balaban J connectivity index is 1.72.